The van der Waals surface area contributed by atoms with Crippen LogP contribution in [0.3, 0.4) is 0 Å². The number of fused-ring (bicyclic) bond motifs is 6. The summed E-state index contributed by atoms with van der Waals surface area (Å²) in [6, 6.07) is 0.267. The molecule has 0 bridgehead atoms. The Morgan fingerprint density at radius 3 is 2.52 bits per heavy atom. The average molecular weight is 920 g/mol. The molecule has 0 spiro atoms. The lowest BCUT2D eigenvalue weighted by Gasteiger charge is -2.66. The molecule has 17 atom stereocenters. The van der Waals surface area contributed by atoms with Crippen LogP contribution in [0, 0.1) is 28.6 Å². The van der Waals surface area contributed by atoms with Gasteiger partial charge < -0.3 is 60.8 Å². The Morgan fingerprint density at radius 1 is 0.953 bits per heavy atom. The molecule has 64 heavy (non-hydrogen) atoms. The highest BCUT2D eigenvalue weighted by Gasteiger charge is 2.73. The highest BCUT2D eigenvalue weighted by molar-refractivity contribution is 8.00. The summed E-state index contributed by atoms with van der Waals surface area (Å²) in [7, 11) is 0. The van der Waals surface area contributed by atoms with E-state index in [4.69, 9.17) is 14.2 Å². The van der Waals surface area contributed by atoms with E-state index in [9.17, 15) is 49.8 Å². The summed E-state index contributed by atoms with van der Waals surface area (Å²) in [5.74, 6) is -0.897. The minimum absolute atomic E-state index is 0.00479. The third kappa shape index (κ3) is 8.74. The van der Waals surface area contributed by atoms with Gasteiger partial charge in [-0.05, 0) is 101 Å². The predicted octanol–water partition coefficient (Wildman–Crippen LogP) is 1.03. The zero-order chi connectivity index (χ0) is 45.6. The van der Waals surface area contributed by atoms with Crippen LogP contribution in [0.5, 0.6) is 0 Å². The molecule has 4 amide bonds. The van der Waals surface area contributed by atoms with Gasteiger partial charge in [-0.15, -0.1) is 0 Å². The van der Waals surface area contributed by atoms with E-state index in [1.54, 1.807) is 13.1 Å². The van der Waals surface area contributed by atoms with Gasteiger partial charge in [0.1, 0.15) is 24.9 Å². The smallest absolute Gasteiger partial charge is 0.331 e. The Hall–Kier alpha value is -2.88. The van der Waals surface area contributed by atoms with Gasteiger partial charge in [0, 0.05) is 59.9 Å². The molecule has 10 N–H and O–H groups in total. The number of amides is 4. The number of nitrogens with zero attached hydrogens (tertiary/aromatic N) is 1. The van der Waals surface area contributed by atoms with Crippen molar-refractivity contribution in [2.24, 2.45) is 33.7 Å². The molecule has 0 aromatic carbocycles. The molecule has 4 saturated carbocycles. The second-order valence-corrected chi connectivity index (χ2v) is 21.5. The van der Waals surface area contributed by atoms with E-state index < -0.39 is 76.8 Å². The fraction of sp³-hybridized carbons (Fsp3) is 0.844. The molecule has 0 aromatic rings. The van der Waals surface area contributed by atoms with Crippen LogP contribution in [0.2, 0.25) is 0 Å². The predicted molar refractivity (Wildman–Crippen MR) is 232 cm³/mol. The zero-order valence-corrected chi connectivity index (χ0v) is 37.8. The Labute approximate surface area is 378 Å². The first-order valence-electron chi connectivity index (χ1n) is 23.6. The van der Waals surface area contributed by atoms with Crippen molar-refractivity contribution in [3.8, 4) is 0 Å². The van der Waals surface area contributed by atoms with Crippen LogP contribution in [0.25, 0.3) is 0 Å². The van der Waals surface area contributed by atoms with Crippen LogP contribution in [-0.2, 0) is 28.6 Å². The number of esters is 1. The molecule has 3 saturated heterocycles. The number of hydrogen-bond acceptors (Lipinski definition) is 15. The molecule has 0 radical (unpaired) electrons. The largest absolute Gasteiger partial charge is 0.458 e. The summed E-state index contributed by atoms with van der Waals surface area (Å²) < 4.78 is 17.2. The standard InChI is InChI=1S/C45H69N5O13S/c1-24-37(55)38(56)39(57)40(62-24)63-26-11-14-43(23-47-50-34(53)10-4-3-7-17-46-33(52)9-6-5-8-31-36-30(22-64-31)48-41(58)49-36)29-19-32(51)42(2)27(25-18-35(54)61-21-25)13-16-45(42,60)28(29)12-15-44(43,59)20-26/h18,23-24,26-32,36-40,51,55-57,59-60H,3-17,19-22H2,1-2H3,(H,46,52)(H,50,53)(H2,48,49,58)/b47-23+/t24-,26-,27+,28+,29-,30-,31-,32+,36-,37-,38+,39+,40-,42-,43-,44-,45-/m0/s1. The number of nitrogens with one attached hydrogen (secondary N) is 4. The first kappa shape index (κ1) is 47.6. The van der Waals surface area contributed by atoms with Crippen molar-refractivity contribution in [2.75, 3.05) is 18.9 Å². The van der Waals surface area contributed by atoms with Gasteiger partial charge in [0.2, 0.25) is 11.8 Å². The third-order valence-electron chi connectivity index (χ3n) is 16.8. The fourth-order valence-electron chi connectivity index (χ4n) is 13.2. The number of ether oxygens (including phenoxy) is 3. The molecule has 7 fully saturated rings. The molecular formula is C45H69N5O13S. The van der Waals surface area contributed by atoms with E-state index in [0.29, 0.717) is 63.2 Å². The van der Waals surface area contributed by atoms with Gasteiger partial charge in [0.15, 0.2) is 6.29 Å². The molecule has 4 heterocycles. The Kier molecular flexibility index (Phi) is 14.1. The molecule has 4 aliphatic carbocycles. The lowest BCUT2D eigenvalue weighted by atomic mass is 9.41. The summed E-state index contributed by atoms with van der Waals surface area (Å²) in [4.78, 5) is 49.3. The molecule has 8 rings (SSSR count). The Balaban J connectivity index is 0.864. The number of cyclic esters (lactones) is 1. The molecule has 19 heteroatoms. The fourth-order valence-corrected chi connectivity index (χ4v) is 14.8. The number of urea groups is 1. The van der Waals surface area contributed by atoms with Gasteiger partial charge in [-0.1, -0.05) is 19.8 Å². The highest BCUT2D eigenvalue weighted by Crippen LogP contribution is 2.70. The Morgan fingerprint density at radius 2 is 1.73 bits per heavy atom. The van der Waals surface area contributed by atoms with Gasteiger partial charge in [0.25, 0.3) is 0 Å². The minimum atomic E-state index is -1.52. The summed E-state index contributed by atoms with van der Waals surface area (Å²) in [5, 5.41) is 83.0. The van der Waals surface area contributed by atoms with E-state index in [2.05, 4.69) is 26.5 Å². The van der Waals surface area contributed by atoms with Gasteiger partial charge >= 0.3 is 12.0 Å². The maximum atomic E-state index is 13.1. The van der Waals surface area contributed by atoms with Crippen molar-refractivity contribution in [3.63, 3.8) is 0 Å². The van der Waals surface area contributed by atoms with E-state index >= 15 is 0 Å². The number of hydrazone groups is 1. The third-order valence-corrected chi connectivity index (χ3v) is 18.3. The van der Waals surface area contributed by atoms with Crippen molar-refractivity contribution in [1.82, 2.24) is 21.4 Å². The second kappa shape index (κ2) is 19.0. The van der Waals surface area contributed by atoms with E-state index in [1.165, 1.54) is 6.08 Å². The van der Waals surface area contributed by atoms with Crippen molar-refractivity contribution < 1.29 is 64.0 Å². The number of rotatable bonds is 16. The summed E-state index contributed by atoms with van der Waals surface area (Å²) in [6.45, 7) is 4.12. The molecule has 8 aliphatic rings. The van der Waals surface area contributed by atoms with E-state index in [1.807, 2.05) is 18.7 Å². The van der Waals surface area contributed by atoms with Gasteiger partial charge in [-0.25, -0.2) is 15.0 Å². The molecule has 4 aliphatic heterocycles. The van der Waals surface area contributed by atoms with Gasteiger partial charge in [0.05, 0.1) is 41.6 Å². The Bertz CT molecular complexity index is 1830. The number of hydrogen-bond donors (Lipinski definition) is 10. The van der Waals surface area contributed by atoms with E-state index in [-0.39, 0.29) is 74.1 Å². The number of aliphatic hydroxyl groups excluding tert-OH is 4. The average Bonchev–Trinajstić information content (AvgIpc) is 4.02. The van der Waals surface area contributed by atoms with Crippen molar-refractivity contribution in [2.45, 2.75) is 188 Å². The first-order chi connectivity index (χ1) is 30.5. The van der Waals surface area contributed by atoms with Crippen LogP contribution in [0.15, 0.2) is 16.8 Å². The maximum Gasteiger partial charge on any atom is 0.331 e. The number of carbonyl (C=O) groups is 4. The lowest BCUT2D eigenvalue weighted by Crippen LogP contribution is -2.71. The molecule has 0 aromatic heterocycles. The second-order valence-electron chi connectivity index (χ2n) is 20.2. The summed E-state index contributed by atoms with van der Waals surface area (Å²) in [6.07, 6.45) is 3.06. The number of thioether (sulfide) groups is 1. The van der Waals surface area contributed by atoms with Crippen LogP contribution in [-0.4, -0.2) is 151 Å². The SMILES string of the molecule is C[C@@H]1O[C@@H](O[C@H]2CC[C@]3(/C=N/NC(=O)CCCCCNC(=O)CCCC[C@@H]4SC[C@@H]5NC(=O)N[C@@H]54)[C@H]4C[C@@H](O)[C@]5(C)[C@@H](C6=CC(=O)OC6)CC[C@]5(O)[C@@H]4CC[C@]3(O)C2)[C@H](O)[C@H](O)[C@H]1O. The van der Waals surface area contributed by atoms with Crippen molar-refractivity contribution >= 4 is 41.8 Å². The van der Waals surface area contributed by atoms with Crippen LogP contribution in [0.1, 0.15) is 117 Å². The highest BCUT2D eigenvalue weighted by atomic mass is 32.2. The quantitative estimate of drug-likeness (QED) is 0.0259. The van der Waals surface area contributed by atoms with Crippen LogP contribution >= 0.6 is 11.8 Å². The number of carbonyl (C=O) groups excluding carboxylic acids is 4. The maximum absolute atomic E-state index is 13.1. The minimum Gasteiger partial charge on any atom is -0.458 e. The van der Waals surface area contributed by atoms with Crippen LogP contribution in [0.4, 0.5) is 4.79 Å². The molecule has 18 nitrogen and oxygen atoms in total. The number of aliphatic hydroxyl groups is 6. The van der Waals surface area contributed by atoms with E-state index in [0.717, 1.165) is 37.0 Å². The van der Waals surface area contributed by atoms with Gasteiger partial charge in [-0.3, -0.25) is 9.59 Å². The molecule has 358 valence electrons. The van der Waals surface area contributed by atoms with Crippen molar-refractivity contribution in [1.29, 1.82) is 0 Å². The van der Waals surface area contributed by atoms with Gasteiger partial charge in [-0.2, -0.15) is 16.9 Å². The zero-order valence-electron chi connectivity index (χ0n) is 37.0. The first-order valence-corrected chi connectivity index (χ1v) is 24.7. The normalized spacial score (nSPS) is 44.8. The topological polar surface area (TPSA) is 278 Å². The summed E-state index contributed by atoms with van der Waals surface area (Å²) >= 11 is 1.87. The van der Waals surface area contributed by atoms with Crippen LogP contribution < -0.4 is 21.4 Å². The molecular weight excluding hydrogens is 851 g/mol. The number of unbranched alkanes of at least 4 members (excludes halogenated alkanes) is 3. The summed E-state index contributed by atoms with van der Waals surface area (Å²) in [5.41, 5.74) is -1.46. The molecule has 0 unspecified atom stereocenters. The monoisotopic (exact) mass is 919 g/mol. The van der Waals surface area contributed by atoms with Crippen molar-refractivity contribution in [3.05, 3.63) is 11.6 Å². The lowest BCUT2D eigenvalue weighted by molar-refractivity contribution is -0.317.